The zero-order valence-corrected chi connectivity index (χ0v) is 8.94. The second-order valence-corrected chi connectivity index (χ2v) is 3.43. The van der Waals surface area contributed by atoms with Crippen molar-refractivity contribution in [2.24, 2.45) is 0 Å². The maximum Gasteiger partial charge on any atom is 0.248 e. The zero-order chi connectivity index (χ0) is 11.1. The Labute approximate surface area is 90.1 Å². The molecular formula is C12H17NO2. The third-order valence-electron chi connectivity index (χ3n) is 2.20. The van der Waals surface area contributed by atoms with Crippen LogP contribution >= 0.6 is 0 Å². The molecule has 1 rings (SSSR count). The summed E-state index contributed by atoms with van der Waals surface area (Å²) in [7, 11) is 0. The number of aliphatic hydroxyl groups excluding tert-OH is 1. The molecule has 0 spiro atoms. The van der Waals surface area contributed by atoms with Gasteiger partial charge in [0.05, 0.1) is 0 Å². The van der Waals surface area contributed by atoms with Crippen molar-refractivity contribution in [3.05, 3.63) is 35.9 Å². The Balaban J connectivity index is 2.34. The first-order chi connectivity index (χ1) is 7.24. The van der Waals surface area contributed by atoms with Gasteiger partial charge in [0.2, 0.25) is 5.91 Å². The van der Waals surface area contributed by atoms with Crippen LogP contribution in [-0.2, 0) is 11.2 Å². The van der Waals surface area contributed by atoms with Crippen LogP contribution in [0.1, 0.15) is 18.9 Å². The molecule has 3 nitrogen and oxygen atoms in total. The molecule has 82 valence electrons. The maximum atomic E-state index is 11.2. The molecule has 15 heavy (non-hydrogen) atoms. The Kier molecular flexibility index (Phi) is 4.84. The van der Waals surface area contributed by atoms with Crippen LogP contribution in [0.5, 0.6) is 0 Å². The number of likely N-dealkylation sites (N-methyl/N-ethyl adjacent to an activating group) is 1. The molecule has 0 aliphatic rings. The van der Waals surface area contributed by atoms with Crippen molar-refractivity contribution in [1.82, 2.24) is 5.32 Å². The fourth-order valence-corrected chi connectivity index (χ4v) is 1.37. The minimum absolute atomic E-state index is 0.284. The van der Waals surface area contributed by atoms with Crippen molar-refractivity contribution in [2.75, 3.05) is 6.54 Å². The van der Waals surface area contributed by atoms with Crippen molar-refractivity contribution in [3.63, 3.8) is 0 Å². The Morgan fingerprint density at radius 1 is 1.40 bits per heavy atom. The average Bonchev–Trinajstić information content (AvgIpc) is 2.27. The molecule has 0 aromatic heterocycles. The highest BCUT2D eigenvalue weighted by atomic mass is 16.3. The molecule has 1 aromatic rings. The Morgan fingerprint density at radius 2 is 2.07 bits per heavy atom. The first-order valence-electron chi connectivity index (χ1n) is 5.23. The molecule has 2 N–H and O–H groups in total. The van der Waals surface area contributed by atoms with Crippen molar-refractivity contribution in [2.45, 2.75) is 25.9 Å². The van der Waals surface area contributed by atoms with Crippen LogP contribution in [0.3, 0.4) is 0 Å². The lowest BCUT2D eigenvalue weighted by molar-refractivity contribution is -0.129. The Hall–Kier alpha value is -1.35. The number of hydrogen-bond donors (Lipinski definition) is 2. The summed E-state index contributed by atoms with van der Waals surface area (Å²) in [5.74, 6) is -0.284. The number of nitrogens with one attached hydrogen (secondary N) is 1. The lowest BCUT2D eigenvalue weighted by Crippen LogP contribution is -2.34. The summed E-state index contributed by atoms with van der Waals surface area (Å²) >= 11 is 0. The fraction of sp³-hybridized carbons (Fsp3) is 0.417. The van der Waals surface area contributed by atoms with E-state index in [4.69, 9.17) is 0 Å². The number of carbonyl (C=O) groups excluding carboxylic acids is 1. The first kappa shape index (κ1) is 11.7. The van der Waals surface area contributed by atoms with Gasteiger partial charge in [-0.25, -0.2) is 0 Å². The van der Waals surface area contributed by atoms with Gasteiger partial charge in [0.1, 0.15) is 6.10 Å². The van der Waals surface area contributed by atoms with Crippen LogP contribution in [0.4, 0.5) is 0 Å². The molecule has 0 saturated carbocycles. The predicted octanol–water partition coefficient (Wildman–Crippen LogP) is 1.12. The molecule has 0 radical (unpaired) electrons. The number of rotatable bonds is 5. The maximum absolute atomic E-state index is 11.2. The van der Waals surface area contributed by atoms with Crippen LogP contribution in [0.25, 0.3) is 0 Å². The quantitative estimate of drug-likeness (QED) is 0.760. The highest BCUT2D eigenvalue weighted by Crippen LogP contribution is 2.04. The smallest absolute Gasteiger partial charge is 0.248 e. The monoisotopic (exact) mass is 207 g/mol. The van der Waals surface area contributed by atoms with Gasteiger partial charge in [-0.15, -0.1) is 0 Å². The number of aliphatic hydroxyl groups is 1. The van der Waals surface area contributed by atoms with E-state index in [-0.39, 0.29) is 5.91 Å². The fourth-order valence-electron chi connectivity index (χ4n) is 1.37. The minimum Gasteiger partial charge on any atom is -0.383 e. The summed E-state index contributed by atoms with van der Waals surface area (Å²) in [4.78, 5) is 11.2. The first-order valence-corrected chi connectivity index (χ1v) is 5.23. The molecule has 0 aliphatic heterocycles. The molecule has 0 bridgehead atoms. The van der Waals surface area contributed by atoms with E-state index in [9.17, 15) is 9.90 Å². The highest BCUT2D eigenvalue weighted by molar-refractivity contribution is 5.80. The summed E-state index contributed by atoms with van der Waals surface area (Å²) in [5.41, 5.74) is 1.14. The third kappa shape index (κ3) is 4.13. The molecule has 0 unspecified atom stereocenters. The van der Waals surface area contributed by atoms with Gasteiger partial charge in [0, 0.05) is 6.54 Å². The van der Waals surface area contributed by atoms with E-state index >= 15 is 0 Å². The molecule has 1 aromatic carbocycles. The highest BCUT2D eigenvalue weighted by Gasteiger charge is 2.13. The van der Waals surface area contributed by atoms with Crippen LogP contribution in [0.2, 0.25) is 0 Å². The van der Waals surface area contributed by atoms with E-state index in [2.05, 4.69) is 5.32 Å². The number of carbonyl (C=O) groups is 1. The molecule has 3 heteroatoms. The number of amides is 1. The molecule has 0 heterocycles. The van der Waals surface area contributed by atoms with Gasteiger partial charge >= 0.3 is 0 Å². The van der Waals surface area contributed by atoms with E-state index in [1.165, 1.54) is 0 Å². The van der Waals surface area contributed by atoms with E-state index in [1.807, 2.05) is 37.3 Å². The van der Waals surface area contributed by atoms with Crippen LogP contribution in [-0.4, -0.2) is 23.7 Å². The predicted molar refractivity (Wildman–Crippen MR) is 59.5 cm³/mol. The van der Waals surface area contributed by atoms with Gasteiger partial charge in [-0.3, -0.25) is 4.79 Å². The van der Waals surface area contributed by atoms with Gasteiger partial charge in [-0.05, 0) is 25.3 Å². The average molecular weight is 207 g/mol. The summed E-state index contributed by atoms with van der Waals surface area (Å²) in [5, 5.41) is 12.1. The summed E-state index contributed by atoms with van der Waals surface area (Å²) in [6, 6.07) is 9.83. The van der Waals surface area contributed by atoms with Crippen LogP contribution in [0, 0.1) is 0 Å². The van der Waals surface area contributed by atoms with Crippen LogP contribution < -0.4 is 5.32 Å². The summed E-state index contributed by atoms with van der Waals surface area (Å²) in [6.07, 6.45) is 0.291. The zero-order valence-electron chi connectivity index (χ0n) is 8.94. The van der Waals surface area contributed by atoms with E-state index in [0.717, 1.165) is 12.0 Å². The standard InChI is InChI=1S/C12H17NO2/c1-2-13-12(15)11(14)9-8-10-6-4-3-5-7-10/h3-7,11,14H,2,8-9H2,1H3,(H,13,15)/t11-/m1/s1. The van der Waals surface area contributed by atoms with Crippen LogP contribution in [0.15, 0.2) is 30.3 Å². The van der Waals surface area contributed by atoms with E-state index < -0.39 is 6.10 Å². The van der Waals surface area contributed by atoms with Gasteiger partial charge in [0.25, 0.3) is 0 Å². The van der Waals surface area contributed by atoms with Crippen molar-refractivity contribution in [3.8, 4) is 0 Å². The van der Waals surface area contributed by atoms with Gasteiger partial charge in [0.15, 0.2) is 0 Å². The van der Waals surface area contributed by atoms with E-state index in [0.29, 0.717) is 13.0 Å². The summed E-state index contributed by atoms with van der Waals surface area (Å²) < 4.78 is 0. The Bertz CT molecular complexity index is 298. The molecule has 1 atom stereocenters. The SMILES string of the molecule is CCNC(=O)[C@H](O)CCc1ccccc1. The minimum atomic E-state index is -0.898. The second-order valence-electron chi connectivity index (χ2n) is 3.43. The van der Waals surface area contributed by atoms with Crippen molar-refractivity contribution in [1.29, 1.82) is 0 Å². The second kappa shape index (κ2) is 6.19. The number of aryl methyl sites for hydroxylation is 1. The number of benzene rings is 1. The lowest BCUT2D eigenvalue weighted by atomic mass is 10.1. The third-order valence-corrected chi connectivity index (χ3v) is 2.20. The Morgan fingerprint density at radius 3 is 2.67 bits per heavy atom. The molecule has 1 amide bonds. The largest absolute Gasteiger partial charge is 0.383 e. The van der Waals surface area contributed by atoms with Crippen molar-refractivity contribution >= 4 is 5.91 Å². The van der Waals surface area contributed by atoms with Gasteiger partial charge in [-0.1, -0.05) is 30.3 Å². The number of hydrogen-bond acceptors (Lipinski definition) is 2. The topological polar surface area (TPSA) is 49.3 Å². The molecular weight excluding hydrogens is 190 g/mol. The van der Waals surface area contributed by atoms with Crippen molar-refractivity contribution < 1.29 is 9.90 Å². The summed E-state index contributed by atoms with van der Waals surface area (Å²) in [6.45, 7) is 2.39. The van der Waals surface area contributed by atoms with E-state index in [1.54, 1.807) is 0 Å². The molecule has 0 fully saturated rings. The molecule has 0 saturated heterocycles. The lowest BCUT2D eigenvalue weighted by Gasteiger charge is -2.09. The van der Waals surface area contributed by atoms with Gasteiger partial charge in [-0.2, -0.15) is 0 Å². The van der Waals surface area contributed by atoms with Gasteiger partial charge < -0.3 is 10.4 Å². The molecule has 0 aliphatic carbocycles. The normalized spacial score (nSPS) is 12.1.